The Balaban J connectivity index is 1.79. The molecule has 20 heavy (non-hydrogen) atoms. The maximum atomic E-state index is 12.4. The second-order valence-electron chi connectivity index (χ2n) is 5.72. The number of aromatic amines is 1. The second-order valence-corrected chi connectivity index (χ2v) is 5.72. The smallest absolute Gasteiger partial charge is 0.244 e. The molecule has 106 valence electrons. The fourth-order valence-corrected chi connectivity index (χ4v) is 2.73. The summed E-state index contributed by atoms with van der Waals surface area (Å²) < 4.78 is 0. The maximum Gasteiger partial charge on any atom is 0.244 e. The van der Waals surface area contributed by atoms with E-state index in [1.165, 1.54) is 0 Å². The first-order valence-corrected chi connectivity index (χ1v) is 7.10. The molecule has 1 aliphatic rings. The third kappa shape index (κ3) is 2.41. The van der Waals surface area contributed by atoms with E-state index in [0.717, 1.165) is 48.4 Å². The number of imidazole rings is 1. The molecule has 1 amide bonds. The minimum atomic E-state index is -0.461. The number of aryl methyl sites for hydroxylation is 1. The van der Waals surface area contributed by atoms with Gasteiger partial charge in [-0.25, -0.2) is 4.98 Å². The van der Waals surface area contributed by atoms with Crippen molar-refractivity contribution < 1.29 is 4.79 Å². The van der Waals surface area contributed by atoms with Crippen molar-refractivity contribution in [2.45, 2.75) is 38.6 Å². The van der Waals surface area contributed by atoms with Crippen LogP contribution >= 0.6 is 0 Å². The number of fused-ring (bicyclic) bond motifs is 1. The lowest BCUT2D eigenvalue weighted by molar-refractivity contribution is -0.122. The zero-order valence-corrected chi connectivity index (χ0v) is 11.9. The number of amides is 1. The molecule has 1 aromatic heterocycles. The van der Waals surface area contributed by atoms with Gasteiger partial charge in [0, 0.05) is 5.69 Å². The van der Waals surface area contributed by atoms with Gasteiger partial charge in [-0.15, -0.1) is 0 Å². The van der Waals surface area contributed by atoms with Crippen LogP contribution in [-0.2, 0) is 4.79 Å². The van der Waals surface area contributed by atoms with Gasteiger partial charge in [-0.2, -0.15) is 0 Å². The zero-order chi connectivity index (χ0) is 14.2. The summed E-state index contributed by atoms with van der Waals surface area (Å²) in [6.07, 6.45) is 3.11. The van der Waals surface area contributed by atoms with Crippen molar-refractivity contribution in [3.8, 4) is 0 Å². The molecule has 0 saturated carbocycles. The van der Waals surface area contributed by atoms with E-state index in [1.54, 1.807) is 0 Å². The molecular weight excluding hydrogens is 252 g/mol. The Kier molecular flexibility index (Phi) is 3.22. The largest absolute Gasteiger partial charge is 0.342 e. The highest BCUT2D eigenvalue weighted by molar-refractivity contribution is 5.99. The molecule has 0 bridgehead atoms. The lowest BCUT2D eigenvalue weighted by Crippen LogP contribution is -2.54. The number of anilines is 1. The first-order chi connectivity index (χ1) is 9.57. The van der Waals surface area contributed by atoms with Gasteiger partial charge < -0.3 is 15.6 Å². The summed E-state index contributed by atoms with van der Waals surface area (Å²) in [5.41, 5.74) is 2.21. The Morgan fingerprint density at radius 1 is 1.40 bits per heavy atom. The van der Waals surface area contributed by atoms with Crippen LogP contribution in [0.1, 0.15) is 32.0 Å². The van der Waals surface area contributed by atoms with Crippen LogP contribution in [0.25, 0.3) is 11.0 Å². The summed E-state index contributed by atoms with van der Waals surface area (Å²) in [4.78, 5) is 20.0. The molecule has 1 aliphatic heterocycles. The van der Waals surface area contributed by atoms with Crippen molar-refractivity contribution in [3.63, 3.8) is 0 Å². The average molecular weight is 272 g/mol. The zero-order valence-electron chi connectivity index (χ0n) is 11.9. The topological polar surface area (TPSA) is 69.8 Å². The van der Waals surface area contributed by atoms with Crippen LogP contribution in [0, 0.1) is 6.92 Å². The van der Waals surface area contributed by atoms with Gasteiger partial charge in [0.2, 0.25) is 5.91 Å². The van der Waals surface area contributed by atoms with E-state index in [0.29, 0.717) is 0 Å². The summed E-state index contributed by atoms with van der Waals surface area (Å²) in [5, 5.41) is 6.33. The number of carbonyl (C=O) groups is 1. The van der Waals surface area contributed by atoms with E-state index in [4.69, 9.17) is 0 Å². The lowest BCUT2D eigenvalue weighted by Gasteiger charge is -2.33. The van der Waals surface area contributed by atoms with E-state index in [1.807, 2.05) is 32.0 Å². The van der Waals surface area contributed by atoms with Crippen LogP contribution in [0.5, 0.6) is 0 Å². The van der Waals surface area contributed by atoms with Gasteiger partial charge >= 0.3 is 0 Å². The number of H-pyrrole nitrogens is 1. The normalized spacial score (nSPS) is 22.9. The van der Waals surface area contributed by atoms with Crippen molar-refractivity contribution in [3.05, 3.63) is 24.0 Å². The number of carbonyl (C=O) groups excluding carboxylic acids is 1. The second kappa shape index (κ2) is 4.90. The van der Waals surface area contributed by atoms with Gasteiger partial charge in [-0.3, -0.25) is 4.79 Å². The monoisotopic (exact) mass is 272 g/mol. The Hall–Kier alpha value is -1.88. The number of rotatable bonds is 2. The predicted molar refractivity (Wildman–Crippen MR) is 79.7 cm³/mol. The minimum Gasteiger partial charge on any atom is -0.342 e. The van der Waals surface area contributed by atoms with Crippen LogP contribution in [0.3, 0.4) is 0 Å². The number of nitrogens with one attached hydrogen (secondary N) is 3. The Morgan fingerprint density at radius 2 is 2.25 bits per heavy atom. The molecule has 5 nitrogen and oxygen atoms in total. The number of piperidine rings is 1. The lowest BCUT2D eigenvalue weighted by atomic mass is 9.90. The van der Waals surface area contributed by atoms with Crippen LogP contribution in [0.2, 0.25) is 0 Å². The molecule has 0 aliphatic carbocycles. The minimum absolute atomic E-state index is 0.0350. The quantitative estimate of drug-likeness (QED) is 0.786. The summed E-state index contributed by atoms with van der Waals surface area (Å²) >= 11 is 0. The molecule has 1 atom stereocenters. The molecule has 0 spiro atoms. The standard InChI is InChI=1S/C15H20N4O/c1-10-17-12-6-5-11(9-13(12)18-10)19-14(20)15(2)7-3-4-8-16-15/h5-6,9,16H,3-4,7-8H2,1-2H3,(H,17,18)(H,19,20). The van der Waals surface area contributed by atoms with Gasteiger partial charge in [-0.1, -0.05) is 0 Å². The van der Waals surface area contributed by atoms with E-state index in [-0.39, 0.29) is 5.91 Å². The van der Waals surface area contributed by atoms with Crippen molar-refractivity contribution in [1.29, 1.82) is 0 Å². The molecule has 1 saturated heterocycles. The molecule has 0 radical (unpaired) electrons. The van der Waals surface area contributed by atoms with Crippen molar-refractivity contribution >= 4 is 22.6 Å². The molecule has 3 N–H and O–H groups in total. The van der Waals surface area contributed by atoms with Gasteiger partial charge in [0.05, 0.1) is 16.6 Å². The van der Waals surface area contributed by atoms with Crippen LogP contribution in [-0.4, -0.2) is 28.0 Å². The van der Waals surface area contributed by atoms with E-state index < -0.39 is 5.54 Å². The highest BCUT2D eigenvalue weighted by Crippen LogP contribution is 2.22. The first-order valence-electron chi connectivity index (χ1n) is 7.10. The summed E-state index contributed by atoms with van der Waals surface area (Å²) in [6, 6.07) is 5.75. The Labute approximate surface area is 118 Å². The van der Waals surface area contributed by atoms with Crippen LogP contribution < -0.4 is 10.6 Å². The van der Waals surface area contributed by atoms with Gasteiger partial charge in [-0.05, 0) is 57.9 Å². The molecular formula is C15H20N4O. The van der Waals surface area contributed by atoms with Crippen LogP contribution in [0.4, 0.5) is 5.69 Å². The number of benzene rings is 1. The van der Waals surface area contributed by atoms with Crippen molar-refractivity contribution in [1.82, 2.24) is 15.3 Å². The maximum absolute atomic E-state index is 12.4. The first kappa shape index (κ1) is 13.1. The molecule has 2 heterocycles. The van der Waals surface area contributed by atoms with Crippen molar-refractivity contribution in [2.24, 2.45) is 0 Å². The van der Waals surface area contributed by atoms with E-state index >= 15 is 0 Å². The number of hydrogen-bond donors (Lipinski definition) is 3. The third-order valence-electron chi connectivity index (χ3n) is 3.98. The third-order valence-corrected chi connectivity index (χ3v) is 3.98. The molecule has 5 heteroatoms. The van der Waals surface area contributed by atoms with Gasteiger partial charge in [0.25, 0.3) is 0 Å². The Bertz CT molecular complexity index is 640. The highest BCUT2D eigenvalue weighted by Gasteiger charge is 2.34. The fourth-order valence-electron chi connectivity index (χ4n) is 2.73. The summed E-state index contributed by atoms with van der Waals surface area (Å²) in [6.45, 7) is 4.80. The predicted octanol–water partition coefficient (Wildman–Crippen LogP) is 2.34. The molecule has 3 rings (SSSR count). The van der Waals surface area contributed by atoms with Crippen molar-refractivity contribution in [2.75, 3.05) is 11.9 Å². The molecule has 2 aromatic rings. The van der Waals surface area contributed by atoms with Gasteiger partial charge in [0.1, 0.15) is 5.82 Å². The van der Waals surface area contributed by atoms with E-state index in [2.05, 4.69) is 20.6 Å². The molecule has 1 unspecified atom stereocenters. The number of aromatic nitrogens is 2. The molecule has 1 fully saturated rings. The fraction of sp³-hybridized carbons (Fsp3) is 0.467. The number of nitrogens with zero attached hydrogens (tertiary/aromatic N) is 1. The highest BCUT2D eigenvalue weighted by atomic mass is 16.2. The average Bonchev–Trinajstić information content (AvgIpc) is 2.79. The van der Waals surface area contributed by atoms with Gasteiger partial charge in [0.15, 0.2) is 0 Å². The molecule has 1 aromatic carbocycles. The van der Waals surface area contributed by atoms with E-state index in [9.17, 15) is 4.79 Å². The Morgan fingerprint density at radius 3 is 3.00 bits per heavy atom. The summed E-state index contributed by atoms with van der Waals surface area (Å²) in [7, 11) is 0. The SMILES string of the molecule is Cc1nc2ccc(NC(=O)C3(C)CCCCN3)cc2[nH]1. The number of hydrogen-bond acceptors (Lipinski definition) is 3. The van der Waals surface area contributed by atoms with Crippen LogP contribution in [0.15, 0.2) is 18.2 Å². The summed E-state index contributed by atoms with van der Waals surface area (Å²) in [5.74, 6) is 0.914.